The van der Waals surface area contributed by atoms with E-state index < -0.39 is 0 Å². The summed E-state index contributed by atoms with van der Waals surface area (Å²) < 4.78 is 4.91. The number of aryl methyl sites for hydroxylation is 1. The lowest BCUT2D eigenvalue weighted by Crippen LogP contribution is -2.25. The van der Waals surface area contributed by atoms with Gasteiger partial charge in [0.2, 0.25) is 10.9 Å². The summed E-state index contributed by atoms with van der Waals surface area (Å²) in [6.07, 6.45) is 1.57. The summed E-state index contributed by atoms with van der Waals surface area (Å²) in [4.78, 5) is 23.8. The molecule has 1 aromatic heterocycles. The molecule has 0 aliphatic heterocycles. The SMILES string of the molecule is COCCCNC(=O)CCc1nnc(C(=O)Nc2ccccc2)s1. The number of nitrogens with zero attached hydrogens (tertiary/aromatic N) is 2. The maximum Gasteiger partial charge on any atom is 0.286 e. The first-order chi connectivity index (χ1) is 11.7. The number of nitrogens with one attached hydrogen (secondary N) is 2. The lowest BCUT2D eigenvalue weighted by atomic mass is 10.3. The molecular weight excluding hydrogens is 328 g/mol. The highest BCUT2D eigenvalue weighted by molar-refractivity contribution is 7.13. The van der Waals surface area contributed by atoms with E-state index in [0.29, 0.717) is 36.7 Å². The minimum Gasteiger partial charge on any atom is -0.385 e. The first kappa shape index (κ1) is 18.0. The number of aromatic nitrogens is 2. The molecule has 2 N–H and O–H groups in total. The highest BCUT2D eigenvalue weighted by atomic mass is 32.1. The maximum absolute atomic E-state index is 12.1. The molecular formula is C16H20N4O3S. The number of hydrogen-bond donors (Lipinski definition) is 2. The standard InChI is InChI=1S/C16H20N4O3S/c1-23-11-5-10-17-13(21)8-9-14-19-20-16(24-14)15(22)18-12-6-3-2-4-7-12/h2-4,6-7H,5,8-11H2,1H3,(H,17,21)(H,18,22). The van der Waals surface area contributed by atoms with Gasteiger partial charge in [0, 0.05) is 38.8 Å². The van der Waals surface area contributed by atoms with E-state index in [4.69, 9.17) is 4.74 Å². The van der Waals surface area contributed by atoms with Crippen LogP contribution in [-0.2, 0) is 16.0 Å². The number of hydrogen-bond acceptors (Lipinski definition) is 6. The Morgan fingerprint density at radius 3 is 2.75 bits per heavy atom. The number of carbonyl (C=O) groups is 2. The van der Waals surface area contributed by atoms with Gasteiger partial charge in [-0.1, -0.05) is 29.5 Å². The summed E-state index contributed by atoms with van der Waals surface area (Å²) in [5.41, 5.74) is 0.703. The van der Waals surface area contributed by atoms with Gasteiger partial charge in [0.25, 0.3) is 5.91 Å². The van der Waals surface area contributed by atoms with Crippen molar-refractivity contribution in [2.45, 2.75) is 19.3 Å². The number of carbonyl (C=O) groups excluding carboxylic acids is 2. The van der Waals surface area contributed by atoms with Crippen LogP contribution >= 0.6 is 11.3 Å². The maximum atomic E-state index is 12.1. The third-order valence-electron chi connectivity index (χ3n) is 3.11. The molecule has 0 saturated carbocycles. The van der Waals surface area contributed by atoms with Crippen LogP contribution in [0.25, 0.3) is 0 Å². The zero-order chi connectivity index (χ0) is 17.2. The zero-order valence-electron chi connectivity index (χ0n) is 13.4. The molecule has 0 saturated heterocycles. The average Bonchev–Trinajstić information content (AvgIpc) is 3.07. The summed E-state index contributed by atoms with van der Waals surface area (Å²) >= 11 is 1.20. The number of rotatable bonds is 9. The van der Waals surface area contributed by atoms with E-state index in [1.165, 1.54) is 11.3 Å². The molecule has 2 amide bonds. The average molecular weight is 348 g/mol. The molecule has 0 radical (unpaired) electrons. The van der Waals surface area contributed by atoms with E-state index in [-0.39, 0.29) is 16.8 Å². The topological polar surface area (TPSA) is 93.2 Å². The molecule has 8 heteroatoms. The van der Waals surface area contributed by atoms with Crippen LogP contribution in [0.5, 0.6) is 0 Å². The van der Waals surface area contributed by atoms with Gasteiger partial charge in [0.1, 0.15) is 5.01 Å². The second-order valence-corrected chi connectivity index (χ2v) is 6.08. The molecule has 0 aliphatic carbocycles. The summed E-state index contributed by atoms with van der Waals surface area (Å²) in [7, 11) is 1.63. The van der Waals surface area contributed by atoms with Crippen molar-refractivity contribution in [2.75, 3.05) is 25.6 Å². The van der Waals surface area contributed by atoms with Crippen molar-refractivity contribution in [2.24, 2.45) is 0 Å². The second-order valence-electron chi connectivity index (χ2n) is 5.02. The van der Waals surface area contributed by atoms with Crippen LogP contribution in [0, 0.1) is 0 Å². The van der Waals surface area contributed by atoms with Crippen LogP contribution < -0.4 is 10.6 Å². The highest BCUT2D eigenvalue weighted by Crippen LogP contribution is 2.14. The van der Waals surface area contributed by atoms with Crippen molar-refractivity contribution in [3.63, 3.8) is 0 Å². The first-order valence-electron chi connectivity index (χ1n) is 7.63. The van der Waals surface area contributed by atoms with Crippen molar-refractivity contribution in [1.82, 2.24) is 15.5 Å². The van der Waals surface area contributed by atoms with Gasteiger partial charge >= 0.3 is 0 Å². The Hall–Kier alpha value is -2.32. The van der Waals surface area contributed by atoms with Crippen LogP contribution in [-0.4, -0.2) is 42.3 Å². The molecule has 0 unspecified atom stereocenters. The van der Waals surface area contributed by atoms with E-state index in [0.717, 1.165) is 6.42 Å². The fraction of sp³-hybridized carbons (Fsp3) is 0.375. The molecule has 0 atom stereocenters. The molecule has 128 valence electrons. The van der Waals surface area contributed by atoms with Crippen molar-refractivity contribution in [3.8, 4) is 0 Å². The monoisotopic (exact) mass is 348 g/mol. The summed E-state index contributed by atoms with van der Waals surface area (Å²) in [5, 5.41) is 14.4. The van der Waals surface area contributed by atoms with E-state index in [2.05, 4.69) is 20.8 Å². The highest BCUT2D eigenvalue weighted by Gasteiger charge is 2.13. The normalized spacial score (nSPS) is 10.4. The van der Waals surface area contributed by atoms with E-state index >= 15 is 0 Å². The third-order valence-corrected chi connectivity index (χ3v) is 4.09. The number of amides is 2. The van der Waals surface area contributed by atoms with E-state index in [9.17, 15) is 9.59 Å². The molecule has 2 rings (SSSR count). The Kier molecular flexibility index (Phi) is 7.31. The molecule has 0 fully saturated rings. The number of methoxy groups -OCH3 is 1. The van der Waals surface area contributed by atoms with Gasteiger partial charge < -0.3 is 15.4 Å². The van der Waals surface area contributed by atoms with Crippen LogP contribution in [0.1, 0.15) is 27.7 Å². The molecule has 1 aromatic carbocycles. The lowest BCUT2D eigenvalue weighted by molar-refractivity contribution is -0.121. The van der Waals surface area contributed by atoms with Crippen molar-refractivity contribution >= 4 is 28.8 Å². The van der Waals surface area contributed by atoms with Gasteiger partial charge in [-0.15, -0.1) is 10.2 Å². The lowest BCUT2D eigenvalue weighted by Gasteiger charge is -2.03. The van der Waals surface area contributed by atoms with Gasteiger partial charge in [-0.05, 0) is 18.6 Å². The van der Waals surface area contributed by atoms with Crippen molar-refractivity contribution in [3.05, 3.63) is 40.3 Å². The van der Waals surface area contributed by atoms with Crippen LogP contribution in [0.2, 0.25) is 0 Å². The molecule has 0 bridgehead atoms. The Balaban J connectivity index is 1.76. The molecule has 7 nitrogen and oxygen atoms in total. The number of benzene rings is 1. The van der Waals surface area contributed by atoms with Crippen molar-refractivity contribution < 1.29 is 14.3 Å². The molecule has 0 aliphatic rings. The van der Waals surface area contributed by atoms with Gasteiger partial charge in [0.05, 0.1) is 0 Å². The molecule has 24 heavy (non-hydrogen) atoms. The minimum atomic E-state index is -0.297. The van der Waals surface area contributed by atoms with Gasteiger partial charge in [-0.3, -0.25) is 9.59 Å². The largest absolute Gasteiger partial charge is 0.385 e. The summed E-state index contributed by atoms with van der Waals surface area (Å²) in [5.74, 6) is -0.342. The van der Waals surface area contributed by atoms with E-state index in [1.807, 2.05) is 18.2 Å². The third kappa shape index (κ3) is 6.05. The Morgan fingerprint density at radius 2 is 2.00 bits per heavy atom. The van der Waals surface area contributed by atoms with Crippen LogP contribution in [0.3, 0.4) is 0 Å². The van der Waals surface area contributed by atoms with Crippen molar-refractivity contribution in [1.29, 1.82) is 0 Å². The Labute approximate surface area is 144 Å². The number of ether oxygens (including phenoxy) is 1. The molecule has 1 heterocycles. The Morgan fingerprint density at radius 1 is 1.21 bits per heavy atom. The summed E-state index contributed by atoms with van der Waals surface area (Å²) in [6.45, 7) is 1.21. The smallest absolute Gasteiger partial charge is 0.286 e. The number of anilines is 1. The molecule has 2 aromatic rings. The predicted molar refractivity (Wildman–Crippen MR) is 92.1 cm³/mol. The zero-order valence-corrected chi connectivity index (χ0v) is 14.3. The first-order valence-corrected chi connectivity index (χ1v) is 8.45. The fourth-order valence-corrected chi connectivity index (χ4v) is 2.64. The minimum absolute atomic E-state index is 0.0448. The molecule has 0 spiro atoms. The fourth-order valence-electron chi connectivity index (χ4n) is 1.91. The quantitative estimate of drug-likeness (QED) is 0.675. The van der Waals surface area contributed by atoms with Gasteiger partial charge in [-0.25, -0.2) is 0 Å². The Bertz CT molecular complexity index is 660. The summed E-state index contributed by atoms with van der Waals surface area (Å²) in [6, 6.07) is 9.15. The van der Waals surface area contributed by atoms with Gasteiger partial charge in [0.15, 0.2) is 0 Å². The van der Waals surface area contributed by atoms with Crippen LogP contribution in [0.4, 0.5) is 5.69 Å². The predicted octanol–water partition coefficient (Wildman–Crippen LogP) is 1.88. The second kappa shape index (κ2) is 9.74. The van der Waals surface area contributed by atoms with Gasteiger partial charge in [-0.2, -0.15) is 0 Å². The van der Waals surface area contributed by atoms with Crippen LogP contribution in [0.15, 0.2) is 30.3 Å². The van der Waals surface area contributed by atoms with E-state index in [1.54, 1.807) is 19.2 Å². The number of para-hydroxylation sites is 1.